The zero-order chi connectivity index (χ0) is 11.1. The molecule has 0 heterocycles. The summed E-state index contributed by atoms with van der Waals surface area (Å²) in [5.41, 5.74) is 0. The molecule has 86 valence electrons. The third kappa shape index (κ3) is 7.20. The Morgan fingerprint density at radius 1 is 1.33 bits per heavy atom. The van der Waals surface area contributed by atoms with Gasteiger partial charge in [0.2, 0.25) is 5.91 Å². The van der Waals surface area contributed by atoms with Gasteiger partial charge >= 0.3 is 11.9 Å². The smallest absolute Gasteiger partial charge is 0.326 e. The molecule has 0 unspecified atom stereocenters. The SMILES string of the molecule is C=CC(=O)N[C@@H](CCC(=O)O)C(=O)O.O. The van der Waals surface area contributed by atoms with Crippen molar-refractivity contribution in [2.75, 3.05) is 0 Å². The van der Waals surface area contributed by atoms with Crippen LogP contribution >= 0.6 is 0 Å². The van der Waals surface area contributed by atoms with Gasteiger partial charge in [-0.3, -0.25) is 9.59 Å². The van der Waals surface area contributed by atoms with E-state index < -0.39 is 23.9 Å². The van der Waals surface area contributed by atoms with E-state index in [0.717, 1.165) is 6.08 Å². The van der Waals surface area contributed by atoms with Crippen molar-refractivity contribution in [3.05, 3.63) is 12.7 Å². The summed E-state index contributed by atoms with van der Waals surface area (Å²) < 4.78 is 0. The predicted molar refractivity (Wildman–Crippen MR) is 50.2 cm³/mol. The van der Waals surface area contributed by atoms with Gasteiger partial charge in [0.1, 0.15) is 6.04 Å². The van der Waals surface area contributed by atoms with Crippen LogP contribution in [-0.4, -0.2) is 39.6 Å². The van der Waals surface area contributed by atoms with Crippen molar-refractivity contribution in [3.63, 3.8) is 0 Å². The minimum atomic E-state index is -1.26. The van der Waals surface area contributed by atoms with E-state index in [1.165, 1.54) is 0 Å². The lowest BCUT2D eigenvalue weighted by atomic mass is 10.1. The summed E-state index contributed by atoms with van der Waals surface area (Å²) in [5, 5.41) is 19.0. The molecule has 0 aliphatic carbocycles. The van der Waals surface area contributed by atoms with Crippen LogP contribution in [0.4, 0.5) is 0 Å². The van der Waals surface area contributed by atoms with Gasteiger partial charge in [-0.2, -0.15) is 0 Å². The van der Waals surface area contributed by atoms with E-state index >= 15 is 0 Å². The van der Waals surface area contributed by atoms with Gasteiger partial charge in [-0.15, -0.1) is 0 Å². The van der Waals surface area contributed by atoms with Gasteiger partial charge in [0.25, 0.3) is 0 Å². The Morgan fingerprint density at radius 2 is 1.87 bits per heavy atom. The maximum absolute atomic E-state index is 10.7. The van der Waals surface area contributed by atoms with Crippen LogP contribution in [0.3, 0.4) is 0 Å². The van der Waals surface area contributed by atoms with Crippen molar-refractivity contribution in [2.45, 2.75) is 18.9 Å². The molecule has 0 aliphatic rings. The molecule has 7 heteroatoms. The number of aliphatic carboxylic acids is 2. The Morgan fingerprint density at radius 3 is 2.20 bits per heavy atom. The second-order valence-electron chi connectivity index (χ2n) is 2.54. The summed E-state index contributed by atoms with van der Waals surface area (Å²) in [5.74, 6) is -3.01. The summed E-state index contributed by atoms with van der Waals surface area (Å²) in [6.45, 7) is 3.15. The molecule has 0 saturated heterocycles. The van der Waals surface area contributed by atoms with Gasteiger partial charge < -0.3 is 21.0 Å². The number of amides is 1. The zero-order valence-corrected chi connectivity index (χ0v) is 7.90. The van der Waals surface area contributed by atoms with E-state index in [2.05, 4.69) is 11.9 Å². The quantitative estimate of drug-likeness (QED) is 0.481. The van der Waals surface area contributed by atoms with Crippen molar-refractivity contribution < 1.29 is 30.1 Å². The monoisotopic (exact) mass is 219 g/mol. The summed E-state index contributed by atoms with van der Waals surface area (Å²) in [6, 6.07) is -1.18. The Labute approximate surface area is 85.7 Å². The Hall–Kier alpha value is -1.89. The molecule has 0 aromatic rings. The third-order valence-electron chi connectivity index (χ3n) is 1.45. The van der Waals surface area contributed by atoms with Crippen LogP contribution in [0.5, 0.6) is 0 Å². The number of hydrogen-bond acceptors (Lipinski definition) is 3. The molecule has 0 rings (SSSR count). The Kier molecular flexibility index (Phi) is 7.80. The average molecular weight is 219 g/mol. The van der Waals surface area contributed by atoms with E-state index in [1.807, 2.05) is 0 Å². The minimum Gasteiger partial charge on any atom is -0.481 e. The molecular weight excluding hydrogens is 206 g/mol. The van der Waals surface area contributed by atoms with Crippen molar-refractivity contribution in [1.82, 2.24) is 5.32 Å². The fourth-order valence-corrected chi connectivity index (χ4v) is 0.756. The summed E-state index contributed by atoms with van der Waals surface area (Å²) in [4.78, 5) is 31.4. The van der Waals surface area contributed by atoms with Crippen LogP contribution in [0.2, 0.25) is 0 Å². The first-order chi connectivity index (χ1) is 6.47. The van der Waals surface area contributed by atoms with Gasteiger partial charge in [0, 0.05) is 6.42 Å². The minimum absolute atomic E-state index is 0. The second-order valence-corrected chi connectivity index (χ2v) is 2.54. The van der Waals surface area contributed by atoms with Crippen LogP contribution in [0.25, 0.3) is 0 Å². The highest BCUT2D eigenvalue weighted by molar-refractivity contribution is 5.90. The average Bonchev–Trinajstić information content (AvgIpc) is 2.10. The van der Waals surface area contributed by atoms with E-state index in [4.69, 9.17) is 10.2 Å². The number of nitrogens with one attached hydrogen (secondary N) is 1. The molecule has 1 amide bonds. The molecular formula is C8H13NO6. The molecule has 0 aromatic heterocycles. The number of rotatable bonds is 6. The molecule has 15 heavy (non-hydrogen) atoms. The largest absolute Gasteiger partial charge is 0.481 e. The third-order valence-corrected chi connectivity index (χ3v) is 1.45. The van der Waals surface area contributed by atoms with Crippen molar-refractivity contribution in [2.24, 2.45) is 0 Å². The molecule has 0 spiro atoms. The topological polar surface area (TPSA) is 135 Å². The van der Waals surface area contributed by atoms with E-state index in [-0.39, 0.29) is 18.3 Å². The maximum atomic E-state index is 10.7. The van der Waals surface area contributed by atoms with Crippen LogP contribution in [0, 0.1) is 0 Å². The van der Waals surface area contributed by atoms with Gasteiger partial charge in [-0.1, -0.05) is 6.58 Å². The first-order valence-electron chi connectivity index (χ1n) is 3.85. The van der Waals surface area contributed by atoms with Crippen molar-refractivity contribution >= 4 is 17.8 Å². The summed E-state index contributed by atoms with van der Waals surface area (Å²) >= 11 is 0. The first kappa shape index (κ1) is 15.6. The molecule has 0 fully saturated rings. The normalized spacial score (nSPS) is 10.7. The molecule has 0 aromatic carbocycles. The van der Waals surface area contributed by atoms with Crippen LogP contribution < -0.4 is 5.32 Å². The lowest BCUT2D eigenvalue weighted by Crippen LogP contribution is -2.40. The predicted octanol–water partition coefficient (Wildman–Crippen LogP) is -1.22. The van der Waals surface area contributed by atoms with Crippen molar-refractivity contribution in [1.29, 1.82) is 0 Å². The summed E-state index contributed by atoms with van der Waals surface area (Å²) in [7, 11) is 0. The lowest BCUT2D eigenvalue weighted by Gasteiger charge is -2.11. The molecule has 1 atom stereocenters. The van der Waals surface area contributed by atoms with E-state index in [0.29, 0.717) is 0 Å². The molecule has 0 radical (unpaired) electrons. The first-order valence-corrected chi connectivity index (χ1v) is 3.85. The highest BCUT2D eigenvalue weighted by Crippen LogP contribution is 1.97. The van der Waals surface area contributed by atoms with E-state index in [1.54, 1.807) is 0 Å². The standard InChI is InChI=1S/C8H11NO5.H2O/c1-2-6(10)9-5(8(13)14)3-4-7(11)12;/h2,5H,1,3-4H2,(H,9,10)(H,11,12)(H,13,14);1H2/t5-;/m0./s1. The van der Waals surface area contributed by atoms with Gasteiger partial charge in [-0.05, 0) is 12.5 Å². The number of hydrogen-bond donors (Lipinski definition) is 3. The number of carbonyl (C=O) groups excluding carboxylic acids is 1. The fourth-order valence-electron chi connectivity index (χ4n) is 0.756. The van der Waals surface area contributed by atoms with E-state index in [9.17, 15) is 14.4 Å². The number of carbonyl (C=O) groups is 3. The van der Waals surface area contributed by atoms with Crippen LogP contribution in [-0.2, 0) is 14.4 Å². The van der Waals surface area contributed by atoms with Crippen molar-refractivity contribution in [3.8, 4) is 0 Å². The van der Waals surface area contributed by atoms with Gasteiger partial charge in [-0.25, -0.2) is 4.79 Å². The highest BCUT2D eigenvalue weighted by atomic mass is 16.4. The Bertz CT molecular complexity index is 262. The van der Waals surface area contributed by atoms with Gasteiger partial charge in [0.15, 0.2) is 0 Å². The second kappa shape index (κ2) is 7.51. The lowest BCUT2D eigenvalue weighted by molar-refractivity contribution is -0.142. The van der Waals surface area contributed by atoms with Crippen LogP contribution in [0.1, 0.15) is 12.8 Å². The van der Waals surface area contributed by atoms with Gasteiger partial charge in [0.05, 0.1) is 0 Å². The molecule has 0 bridgehead atoms. The zero-order valence-electron chi connectivity index (χ0n) is 7.90. The molecule has 5 N–H and O–H groups in total. The molecule has 7 nitrogen and oxygen atoms in total. The van der Waals surface area contributed by atoms with Crippen LogP contribution in [0.15, 0.2) is 12.7 Å². The summed E-state index contributed by atoms with van der Waals surface area (Å²) in [6.07, 6.45) is 0.468. The number of carboxylic acids is 2. The fraction of sp³-hybridized carbons (Fsp3) is 0.375. The maximum Gasteiger partial charge on any atom is 0.326 e. The number of carboxylic acid groups (broad SMARTS) is 2. The molecule has 0 saturated carbocycles. The Balaban J connectivity index is 0. The highest BCUT2D eigenvalue weighted by Gasteiger charge is 2.19. The molecule has 0 aliphatic heterocycles.